The number of carbonyl (C=O) groups excluding carboxylic acids is 1. The van der Waals surface area contributed by atoms with Crippen molar-refractivity contribution < 1.29 is 4.79 Å². The smallest absolute Gasteiger partial charge is 0.227 e. The zero-order valence-corrected chi connectivity index (χ0v) is 16.2. The van der Waals surface area contributed by atoms with E-state index in [9.17, 15) is 4.79 Å². The number of benzene rings is 2. The molecule has 1 N–H and O–H groups in total. The van der Waals surface area contributed by atoms with E-state index in [-0.39, 0.29) is 11.8 Å². The van der Waals surface area contributed by atoms with Crippen molar-refractivity contribution in [3.05, 3.63) is 58.1 Å². The summed E-state index contributed by atoms with van der Waals surface area (Å²) < 4.78 is 1.16. The second kappa shape index (κ2) is 7.37. The van der Waals surface area contributed by atoms with Crippen molar-refractivity contribution in [3.8, 4) is 0 Å². The molecule has 26 heavy (non-hydrogen) atoms. The third-order valence-corrected chi connectivity index (χ3v) is 6.41. The molecule has 134 valence electrons. The third kappa shape index (κ3) is 3.76. The van der Waals surface area contributed by atoms with E-state index >= 15 is 0 Å². The molecule has 1 aromatic heterocycles. The first kappa shape index (κ1) is 17.5. The van der Waals surface area contributed by atoms with E-state index in [1.165, 1.54) is 5.56 Å². The van der Waals surface area contributed by atoms with Gasteiger partial charge in [-0.05, 0) is 74.4 Å². The number of hydrogen-bond acceptors (Lipinski definition) is 3. The fraction of sp³-hybridized carbons (Fsp3) is 0.333. The van der Waals surface area contributed by atoms with Crippen molar-refractivity contribution in [1.82, 2.24) is 4.98 Å². The molecule has 0 atom stereocenters. The summed E-state index contributed by atoms with van der Waals surface area (Å²) in [6.07, 6.45) is 3.95. The van der Waals surface area contributed by atoms with E-state index in [4.69, 9.17) is 11.6 Å². The molecule has 1 amide bonds. The first-order valence-corrected chi connectivity index (χ1v) is 10.2. The maximum absolute atomic E-state index is 12.7. The zero-order valence-electron chi connectivity index (χ0n) is 14.7. The lowest BCUT2D eigenvalue weighted by atomic mass is 9.78. The quantitative estimate of drug-likeness (QED) is 0.586. The molecule has 0 saturated heterocycles. The average Bonchev–Trinajstić information content (AvgIpc) is 3.02. The van der Waals surface area contributed by atoms with Gasteiger partial charge in [-0.15, -0.1) is 11.3 Å². The Labute approximate surface area is 162 Å². The molecular formula is C21H21ClN2OS. The van der Waals surface area contributed by atoms with Gasteiger partial charge in [-0.1, -0.05) is 23.7 Å². The molecule has 1 heterocycles. The van der Waals surface area contributed by atoms with Gasteiger partial charge in [-0.3, -0.25) is 4.79 Å². The molecule has 1 saturated carbocycles. The molecule has 3 aromatic rings. The number of carbonyl (C=O) groups is 1. The van der Waals surface area contributed by atoms with Crippen molar-refractivity contribution >= 4 is 44.7 Å². The number of rotatable bonds is 3. The van der Waals surface area contributed by atoms with Gasteiger partial charge in [0.1, 0.15) is 0 Å². The van der Waals surface area contributed by atoms with Crippen LogP contribution in [0.1, 0.15) is 42.2 Å². The maximum atomic E-state index is 12.7. The number of halogens is 1. The number of aryl methyl sites for hydroxylation is 1. The zero-order chi connectivity index (χ0) is 18.1. The monoisotopic (exact) mass is 384 g/mol. The fourth-order valence-corrected chi connectivity index (χ4v) is 4.72. The normalized spacial score (nSPS) is 20.2. The summed E-state index contributed by atoms with van der Waals surface area (Å²) in [6.45, 7) is 2.00. The molecule has 0 aliphatic heterocycles. The highest BCUT2D eigenvalue weighted by molar-refractivity contribution is 7.18. The minimum absolute atomic E-state index is 0.0893. The summed E-state index contributed by atoms with van der Waals surface area (Å²) in [7, 11) is 0. The molecule has 3 nitrogen and oxygen atoms in total. The van der Waals surface area contributed by atoms with Crippen LogP contribution in [-0.4, -0.2) is 10.9 Å². The first-order valence-electron chi connectivity index (χ1n) is 9.02. The van der Waals surface area contributed by atoms with Gasteiger partial charge >= 0.3 is 0 Å². The summed E-state index contributed by atoms with van der Waals surface area (Å²) in [6, 6.07) is 14.1. The fourth-order valence-electron chi connectivity index (χ4n) is 3.79. The van der Waals surface area contributed by atoms with Crippen molar-refractivity contribution in [2.45, 2.75) is 38.5 Å². The number of amides is 1. The highest BCUT2D eigenvalue weighted by atomic mass is 35.5. The lowest BCUT2D eigenvalue weighted by Gasteiger charge is -2.28. The SMILES string of the molecule is Cc1nc2cc(NC(=O)C3CCC(c4ccc(Cl)cc4)CC3)ccc2s1. The first-order chi connectivity index (χ1) is 12.6. The lowest BCUT2D eigenvalue weighted by Crippen LogP contribution is -2.26. The third-order valence-electron chi connectivity index (χ3n) is 5.20. The second-order valence-electron chi connectivity index (χ2n) is 7.00. The molecule has 1 fully saturated rings. The molecule has 4 rings (SSSR count). The van der Waals surface area contributed by atoms with Crippen LogP contribution in [0.15, 0.2) is 42.5 Å². The average molecular weight is 385 g/mol. The molecule has 0 radical (unpaired) electrons. The molecular weight excluding hydrogens is 364 g/mol. The van der Waals surface area contributed by atoms with Crippen molar-refractivity contribution in [2.24, 2.45) is 5.92 Å². The summed E-state index contributed by atoms with van der Waals surface area (Å²) in [5.41, 5.74) is 3.13. The number of anilines is 1. The number of fused-ring (bicyclic) bond motifs is 1. The number of thiazole rings is 1. The van der Waals surface area contributed by atoms with E-state index in [1.807, 2.05) is 37.3 Å². The number of nitrogens with zero attached hydrogens (tertiary/aromatic N) is 1. The van der Waals surface area contributed by atoms with Crippen molar-refractivity contribution in [1.29, 1.82) is 0 Å². The van der Waals surface area contributed by atoms with Gasteiger partial charge in [-0.2, -0.15) is 0 Å². The van der Waals surface area contributed by atoms with Gasteiger partial charge in [0.15, 0.2) is 0 Å². The Balaban J connectivity index is 1.37. The second-order valence-corrected chi connectivity index (χ2v) is 8.68. The molecule has 5 heteroatoms. The molecule has 0 bridgehead atoms. The van der Waals surface area contributed by atoms with Crippen LogP contribution < -0.4 is 5.32 Å². The van der Waals surface area contributed by atoms with Gasteiger partial charge in [0.25, 0.3) is 0 Å². The van der Waals surface area contributed by atoms with Gasteiger partial charge in [0.05, 0.1) is 15.2 Å². The highest BCUT2D eigenvalue weighted by Crippen LogP contribution is 2.36. The van der Waals surface area contributed by atoms with Crippen molar-refractivity contribution in [2.75, 3.05) is 5.32 Å². The largest absolute Gasteiger partial charge is 0.326 e. The number of hydrogen-bond donors (Lipinski definition) is 1. The van der Waals surface area contributed by atoms with E-state index in [1.54, 1.807) is 11.3 Å². The molecule has 2 aromatic carbocycles. The van der Waals surface area contributed by atoms with E-state index in [0.717, 1.165) is 51.6 Å². The van der Waals surface area contributed by atoms with Gasteiger partial charge in [0.2, 0.25) is 5.91 Å². The predicted molar refractivity (Wildman–Crippen MR) is 109 cm³/mol. The predicted octanol–water partition coefficient (Wildman–Crippen LogP) is 6.17. The van der Waals surface area contributed by atoms with E-state index in [2.05, 4.69) is 22.4 Å². The van der Waals surface area contributed by atoms with Crippen LogP contribution in [0.3, 0.4) is 0 Å². The van der Waals surface area contributed by atoms with Crippen LogP contribution in [0.2, 0.25) is 5.02 Å². The van der Waals surface area contributed by atoms with Crippen LogP contribution in [0.25, 0.3) is 10.2 Å². The summed E-state index contributed by atoms with van der Waals surface area (Å²) in [5.74, 6) is 0.753. The summed E-state index contributed by atoms with van der Waals surface area (Å²) in [5, 5.41) is 4.90. The molecule has 1 aliphatic rings. The van der Waals surface area contributed by atoms with Crippen LogP contribution in [0, 0.1) is 12.8 Å². The van der Waals surface area contributed by atoms with Crippen molar-refractivity contribution in [3.63, 3.8) is 0 Å². The van der Waals surface area contributed by atoms with E-state index < -0.39 is 0 Å². The Kier molecular flexibility index (Phi) is 4.96. The Hall–Kier alpha value is -1.91. The van der Waals surface area contributed by atoms with Crippen LogP contribution >= 0.6 is 22.9 Å². The summed E-state index contributed by atoms with van der Waals surface area (Å²) >= 11 is 7.65. The Morgan fingerprint density at radius 1 is 1.12 bits per heavy atom. The molecule has 0 unspecified atom stereocenters. The summed E-state index contributed by atoms with van der Waals surface area (Å²) in [4.78, 5) is 17.2. The minimum Gasteiger partial charge on any atom is -0.326 e. The lowest BCUT2D eigenvalue weighted by molar-refractivity contribution is -0.120. The van der Waals surface area contributed by atoms with Crippen LogP contribution in [-0.2, 0) is 4.79 Å². The maximum Gasteiger partial charge on any atom is 0.227 e. The molecule has 1 aliphatic carbocycles. The number of nitrogens with one attached hydrogen (secondary N) is 1. The number of aromatic nitrogens is 1. The topological polar surface area (TPSA) is 42.0 Å². The van der Waals surface area contributed by atoms with E-state index in [0.29, 0.717) is 5.92 Å². The molecule has 0 spiro atoms. The Morgan fingerprint density at radius 3 is 2.58 bits per heavy atom. The van der Waals surface area contributed by atoms with Gasteiger partial charge < -0.3 is 5.32 Å². The highest BCUT2D eigenvalue weighted by Gasteiger charge is 2.27. The van der Waals surface area contributed by atoms with Gasteiger partial charge in [0, 0.05) is 16.6 Å². The standard InChI is InChI=1S/C21H21ClN2OS/c1-13-23-19-12-18(10-11-20(19)26-13)24-21(25)16-4-2-14(3-5-16)15-6-8-17(22)9-7-15/h6-12,14,16H,2-5H2,1H3,(H,24,25). The van der Waals surface area contributed by atoms with Crippen LogP contribution in [0.5, 0.6) is 0 Å². The van der Waals surface area contributed by atoms with Gasteiger partial charge in [-0.25, -0.2) is 4.98 Å². The minimum atomic E-state index is 0.0893. The Bertz CT molecular complexity index is 927. The Morgan fingerprint density at radius 2 is 1.85 bits per heavy atom. The van der Waals surface area contributed by atoms with Crippen LogP contribution in [0.4, 0.5) is 5.69 Å².